The summed E-state index contributed by atoms with van der Waals surface area (Å²) in [6, 6.07) is 3.76. The highest BCUT2D eigenvalue weighted by Gasteiger charge is 2.31. The van der Waals surface area contributed by atoms with Gasteiger partial charge < -0.3 is 5.32 Å². The molecule has 0 saturated heterocycles. The molecule has 94 valence electrons. The standard InChI is InChI=1S/C13H18ClNOS/c14-9-13(6-2-1-3-7-13)10-15-12(16)11-5-4-8-17-11/h4-5,8H,1-3,6-7,9-10H2,(H,15,16). The number of carbonyl (C=O) groups excluding carboxylic acids is 1. The van der Waals surface area contributed by atoms with Crippen molar-refractivity contribution in [3.05, 3.63) is 22.4 Å². The topological polar surface area (TPSA) is 29.1 Å². The van der Waals surface area contributed by atoms with Gasteiger partial charge in [0, 0.05) is 17.8 Å². The number of hydrogen-bond donors (Lipinski definition) is 1. The van der Waals surface area contributed by atoms with E-state index in [2.05, 4.69) is 5.32 Å². The van der Waals surface area contributed by atoms with Crippen LogP contribution < -0.4 is 5.32 Å². The van der Waals surface area contributed by atoms with E-state index in [0.29, 0.717) is 12.4 Å². The Labute approximate surface area is 111 Å². The van der Waals surface area contributed by atoms with Gasteiger partial charge in [0.05, 0.1) is 4.88 Å². The zero-order valence-corrected chi connectivity index (χ0v) is 11.4. The Kier molecular flexibility index (Phi) is 4.46. The number of nitrogens with one attached hydrogen (secondary N) is 1. The molecule has 0 bridgehead atoms. The van der Waals surface area contributed by atoms with Crippen LogP contribution in [0, 0.1) is 5.41 Å². The van der Waals surface area contributed by atoms with Gasteiger partial charge in [0.2, 0.25) is 0 Å². The van der Waals surface area contributed by atoms with E-state index in [1.54, 1.807) is 0 Å². The van der Waals surface area contributed by atoms with Gasteiger partial charge in [0.25, 0.3) is 5.91 Å². The van der Waals surface area contributed by atoms with Crippen molar-refractivity contribution in [3.8, 4) is 0 Å². The molecule has 1 aromatic rings. The van der Waals surface area contributed by atoms with Crippen LogP contribution in [-0.4, -0.2) is 18.3 Å². The zero-order valence-electron chi connectivity index (χ0n) is 9.88. The molecule has 1 aromatic heterocycles. The van der Waals surface area contributed by atoms with E-state index in [9.17, 15) is 4.79 Å². The summed E-state index contributed by atoms with van der Waals surface area (Å²) in [5.41, 5.74) is 0.132. The van der Waals surface area contributed by atoms with Crippen LogP contribution in [0.15, 0.2) is 17.5 Å². The van der Waals surface area contributed by atoms with Gasteiger partial charge in [0.15, 0.2) is 0 Å². The van der Waals surface area contributed by atoms with Crippen molar-refractivity contribution in [1.29, 1.82) is 0 Å². The minimum atomic E-state index is 0.0371. The molecule has 2 rings (SSSR count). The van der Waals surface area contributed by atoms with Crippen LogP contribution in [0.5, 0.6) is 0 Å². The lowest BCUT2D eigenvalue weighted by Crippen LogP contribution is -2.40. The summed E-state index contributed by atoms with van der Waals surface area (Å²) in [6.45, 7) is 0.716. The summed E-state index contributed by atoms with van der Waals surface area (Å²) in [5.74, 6) is 0.688. The highest BCUT2D eigenvalue weighted by Crippen LogP contribution is 2.36. The Morgan fingerprint density at radius 3 is 2.76 bits per heavy atom. The highest BCUT2D eigenvalue weighted by atomic mass is 35.5. The average Bonchev–Trinajstić information content (AvgIpc) is 2.91. The molecule has 1 aliphatic carbocycles. The molecule has 2 nitrogen and oxygen atoms in total. The van der Waals surface area contributed by atoms with E-state index >= 15 is 0 Å². The van der Waals surface area contributed by atoms with Gasteiger partial charge in [-0.3, -0.25) is 4.79 Å². The molecule has 0 atom stereocenters. The third-order valence-electron chi connectivity index (χ3n) is 3.57. The van der Waals surface area contributed by atoms with Crippen molar-refractivity contribution in [1.82, 2.24) is 5.32 Å². The molecular formula is C13H18ClNOS. The number of carbonyl (C=O) groups is 1. The van der Waals surface area contributed by atoms with Gasteiger partial charge in [-0.2, -0.15) is 0 Å². The molecule has 1 amide bonds. The van der Waals surface area contributed by atoms with Crippen LogP contribution in [0.1, 0.15) is 41.8 Å². The highest BCUT2D eigenvalue weighted by molar-refractivity contribution is 7.12. The second-order valence-electron chi connectivity index (χ2n) is 4.85. The van der Waals surface area contributed by atoms with Crippen molar-refractivity contribution < 1.29 is 4.79 Å². The van der Waals surface area contributed by atoms with Gasteiger partial charge in [-0.25, -0.2) is 0 Å². The predicted molar refractivity (Wildman–Crippen MR) is 72.9 cm³/mol. The van der Waals surface area contributed by atoms with Gasteiger partial charge >= 0.3 is 0 Å². The molecule has 0 spiro atoms. The van der Waals surface area contributed by atoms with Crippen LogP contribution in [0.4, 0.5) is 0 Å². The Morgan fingerprint density at radius 1 is 1.41 bits per heavy atom. The molecule has 1 saturated carbocycles. The number of halogens is 1. The fourth-order valence-electron chi connectivity index (χ4n) is 2.42. The molecule has 1 heterocycles. The molecule has 0 unspecified atom stereocenters. The van der Waals surface area contributed by atoms with E-state index < -0.39 is 0 Å². The van der Waals surface area contributed by atoms with E-state index in [1.165, 1.54) is 30.6 Å². The quantitative estimate of drug-likeness (QED) is 0.832. The molecular weight excluding hydrogens is 254 g/mol. The summed E-state index contributed by atoms with van der Waals surface area (Å²) in [4.78, 5) is 12.6. The smallest absolute Gasteiger partial charge is 0.261 e. The maximum absolute atomic E-state index is 11.9. The molecule has 0 radical (unpaired) electrons. The first-order valence-electron chi connectivity index (χ1n) is 6.13. The monoisotopic (exact) mass is 271 g/mol. The van der Waals surface area contributed by atoms with Crippen molar-refractivity contribution in [2.45, 2.75) is 32.1 Å². The summed E-state index contributed by atoms with van der Waals surface area (Å²) in [5, 5.41) is 4.96. The van der Waals surface area contributed by atoms with Crippen molar-refractivity contribution in [2.24, 2.45) is 5.41 Å². The fraction of sp³-hybridized carbons (Fsp3) is 0.615. The van der Waals surface area contributed by atoms with Gasteiger partial charge in [-0.05, 0) is 24.3 Å². The van der Waals surface area contributed by atoms with Gasteiger partial charge in [-0.15, -0.1) is 22.9 Å². The van der Waals surface area contributed by atoms with E-state index in [1.807, 2.05) is 17.5 Å². The minimum Gasteiger partial charge on any atom is -0.351 e. The van der Waals surface area contributed by atoms with E-state index in [4.69, 9.17) is 11.6 Å². The lowest BCUT2D eigenvalue weighted by atomic mass is 9.75. The maximum Gasteiger partial charge on any atom is 0.261 e. The molecule has 1 fully saturated rings. The largest absolute Gasteiger partial charge is 0.351 e. The normalized spacial score (nSPS) is 18.9. The van der Waals surface area contributed by atoms with Crippen molar-refractivity contribution in [2.75, 3.05) is 12.4 Å². The molecule has 4 heteroatoms. The molecule has 17 heavy (non-hydrogen) atoms. The van der Waals surface area contributed by atoms with Crippen LogP contribution in [0.2, 0.25) is 0 Å². The Morgan fingerprint density at radius 2 is 2.18 bits per heavy atom. The van der Waals surface area contributed by atoms with Gasteiger partial charge in [-0.1, -0.05) is 25.3 Å². The predicted octanol–water partition coefficient (Wildman–Crippen LogP) is 3.67. The Bertz CT molecular complexity index is 358. The van der Waals surface area contributed by atoms with Crippen molar-refractivity contribution >= 4 is 28.8 Å². The molecule has 0 aromatic carbocycles. The van der Waals surface area contributed by atoms with Crippen LogP contribution in [0.25, 0.3) is 0 Å². The zero-order chi connectivity index (χ0) is 12.1. The van der Waals surface area contributed by atoms with E-state index in [-0.39, 0.29) is 11.3 Å². The lowest BCUT2D eigenvalue weighted by molar-refractivity contribution is 0.0925. The second kappa shape index (κ2) is 5.87. The third-order valence-corrected chi connectivity index (χ3v) is 5.00. The Balaban J connectivity index is 1.89. The maximum atomic E-state index is 11.9. The first-order chi connectivity index (χ1) is 8.26. The fourth-order valence-corrected chi connectivity index (χ4v) is 3.42. The second-order valence-corrected chi connectivity index (χ2v) is 6.07. The average molecular weight is 272 g/mol. The first kappa shape index (κ1) is 12.9. The summed E-state index contributed by atoms with van der Waals surface area (Å²) in [6.07, 6.45) is 6.06. The summed E-state index contributed by atoms with van der Waals surface area (Å²) in [7, 11) is 0. The lowest BCUT2D eigenvalue weighted by Gasteiger charge is -2.35. The number of rotatable bonds is 4. The SMILES string of the molecule is O=C(NCC1(CCl)CCCCC1)c1cccs1. The summed E-state index contributed by atoms with van der Waals surface area (Å²) >= 11 is 7.58. The molecule has 1 aliphatic rings. The Hall–Kier alpha value is -0.540. The number of alkyl halides is 1. The molecule has 0 aliphatic heterocycles. The molecule has 1 N–H and O–H groups in total. The number of thiophene rings is 1. The number of amides is 1. The van der Waals surface area contributed by atoms with Crippen LogP contribution in [-0.2, 0) is 0 Å². The minimum absolute atomic E-state index is 0.0371. The van der Waals surface area contributed by atoms with Gasteiger partial charge in [0.1, 0.15) is 0 Å². The summed E-state index contributed by atoms with van der Waals surface area (Å²) < 4.78 is 0. The van der Waals surface area contributed by atoms with Crippen LogP contribution >= 0.6 is 22.9 Å². The van der Waals surface area contributed by atoms with E-state index in [0.717, 1.165) is 17.7 Å². The first-order valence-corrected chi connectivity index (χ1v) is 7.55. The van der Waals surface area contributed by atoms with Crippen LogP contribution in [0.3, 0.4) is 0 Å². The van der Waals surface area contributed by atoms with Crippen molar-refractivity contribution in [3.63, 3.8) is 0 Å². The number of hydrogen-bond acceptors (Lipinski definition) is 2. The third kappa shape index (κ3) is 3.23.